The van der Waals surface area contributed by atoms with E-state index in [-0.39, 0.29) is 0 Å². The van der Waals surface area contributed by atoms with Gasteiger partial charge in [0, 0.05) is 11.0 Å². The van der Waals surface area contributed by atoms with E-state index in [0.717, 1.165) is 19.6 Å². The predicted octanol–water partition coefficient (Wildman–Crippen LogP) is 2.54. The third-order valence-electron chi connectivity index (χ3n) is 2.30. The lowest BCUT2D eigenvalue weighted by molar-refractivity contribution is 0.605. The summed E-state index contributed by atoms with van der Waals surface area (Å²) in [5.74, 6) is 0. The van der Waals surface area contributed by atoms with E-state index in [1.165, 1.54) is 22.9 Å². The fraction of sp³-hybridized carbons (Fsp3) is 0.500. The molecule has 0 radical (unpaired) electrons. The Morgan fingerprint density at radius 3 is 2.60 bits per heavy atom. The molecule has 0 saturated carbocycles. The van der Waals surface area contributed by atoms with Gasteiger partial charge in [-0.1, -0.05) is 34.1 Å². The van der Waals surface area contributed by atoms with Crippen LogP contribution >= 0.6 is 15.9 Å². The molecule has 0 atom stereocenters. The molecule has 0 aliphatic rings. The van der Waals surface area contributed by atoms with Gasteiger partial charge in [0.2, 0.25) is 0 Å². The smallest absolute Gasteiger partial charge is 0.0220 e. The standard InChI is InChI=1S/C12H19BrN2/c1-14-8-4-5-9-15-10-11-6-2-3-7-12(11)13/h2-3,6-7,14-15H,4-5,8-10H2,1H3. The molecule has 2 N–H and O–H groups in total. The molecular weight excluding hydrogens is 252 g/mol. The summed E-state index contributed by atoms with van der Waals surface area (Å²) in [7, 11) is 1.99. The van der Waals surface area contributed by atoms with Gasteiger partial charge in [0.15, 0.2) is 0 Å². The zero-order valence-corrected chi connectivity index (χ0v) is 10.8. The molecular formula is C12H19BrN2. The molecule has 0 amide bonds. The number of hydrogen-bond donors (Lipinski definition) is 2. The fourth-order valence-electron chi connectivity index (χ4n) is 1.42. The summed E-state index contributed by atoms with van der Waals surface area (Å²) in [6.07, 6.45) is 2.46. The first-order valence-corrected chi connectivity index (χ1v) is 6.22. The van der Waals surface area contributed by atoms with Crippen LogP contribution in [-0.4, -0.2) is 20.1 Å². The van der Waals surface area contributed by atoms with Crippen molar-refractivity contribution in [3.05, 3.63) is 34.3 Å². The van der Waals surface area contributed by atoms with Crippen molar-refractivity contribution in [1.82, 2.24) is 10.6 Å². The van der Waals surface area contributed by atoms with E-state index in [0.29, 0.717) is 0 Å². The van der Waals surface area contributed by atoms with Crippen molar-refractivity contribution in [2.24, 2.45) is 0 Å². The van der Waals surface area contributed by atoms with Crippen molar-refractivity contribution >= 4 is 15.9 Å². The number of benzene rings is 1. The van der Waals surface area contributed by atoms with Crippen LogP contribution in [0.3, 0.4) is 0 Å². The van der Waals surface area contributed by atoms with Crippen LogP contribution in [0.25, 0.3) is 0 Å². The lowest BCUT2D eigenvalue weighted by atomic mass is 10.2. The highest BCUT2D eigenvalue weighted by molar-refractivity contribution is 9.10. The number of rotatable bonds is 7. The summed E-state index contributed by atoms with van der Waals surface area (Å²) in [4.78, 5) is 0. The Bertz CT molecular complexity index is 276. The normalized spacial score (nSPS) is 10.5. The molecule has 1 rings (SSSR count). The Balaban J connectivity index is 2.12. The molecule has 0 aliphatic carbocycles. The molecule has 3 heteroatoms. The first-order chi connectivity index (χ1) is 7.34. The van der Waals surface area contributed by atoms with E-state index in [9.17, 15) is 0 Å². The van der Waals surface area contributed by atoms with Crippen molar-refractivity contribution < 1.29 is 0 Å². The van der Waals surface area contributed by atoms with Crippen LogP contribution in [0.5, 0.6) is 0 Å². The van der Waals surface area contributed by atoms with Gasteiger partial charge in [-0.15, -0.1) is 0 Å². The van der Waals surface area contributed by atoms with Crippen LogP contribution in [0.4, 0.5) is 0 Å². The second-order valence-electron chi connectivity index (χ2n) is 3.58. The highest BCUT2D eigenvalue weighted by atomic mass is 79.9. The third-order valence-corrected chi connectivity index (χ3v) is 3.08. The van der Waals surface area contributed by atoms with Crippen LogP contribution in [0.2, 0.25) is 0 Å². The van der Waals surface area contributed by atoms with E-state index in [1.807, 2.05) is 13.1 Å². The zero-order chi connectivity index (χ0) is 10.9. The average molecular weight is 271 g/mol. The molecule has 0 fully saturated rings. The monoisotopic (exact) mass is 270 g/mol. The van der Waals surface area contributed by atoms with E-state index >= 15 is 0 Å². The van der Waals surface area contributed by atoms with Gasteiger partial charge >= 0.3 is 0 Å². The van der Waals surface area contributed by atoms with E-state index in [4.69, 9.17) is 0 Å². The molecule has 0 spiro atoms. The maximum absolute atomic E-state index is 3.54. The summed E-state index contributed by atoms with van der Waals surface area (Å²) in [5, 5.41) is 6.59. The number of unbranched alkanes of at least 4 members (excludes halogenated alkanes) is 1. The predicted molar refractivity (Wildman–Crippen MR) is 69.0 cm³/mol. The summed E-state index contributed by atoms with van der Waals surface area (Å²) >= 11 is 3.54. The Morgan fingerprint density at radius 2 is 1.87 bits per heavy atom. The van der Waals surface area contributed by atoms with E-state index in [1.54, 1.807) is 0 Å². The van der Waals surface area contributed by atoms with Gasteiger partial charge in [-0.2, -0.15) is 0 Å². The highest BCUT2D eigenvalue weighted by Gasteiger charge is 1.96. The van der Waals surface area contributed by atoms with Gasteiger partial charge in [0.25, 0.3) is 0 Å². The molecule has 0 saturated heterocycles. The lowest BCUT2D eigenvalue weighted by Gasteiger charge is -2.06. The van der Waals surface area contributed by atoms with Crippen molar-refractivity contribution in [2.75, 3.05) is 20.1 Å². The van der Waals surface area contributed by atoms with Crippen LogP contribution in [0, 0.1) is 0 Å². The molecule has 1 aromatic carbocycles. The Labute approximate surface area is 101 Å². The maximum Gasteiger partial charge on any atom is 0.0220 e. The Hall–Kier alpha value is -0.380. The molecule has 15 heavy (non-hydrogen) atoms. The topological polar surface area (TPSA) is 24.1 Å². The van der Waals surface area contributed by atoms with E-state index < -0.39 is 0 Å². The summed E-state index contributed by atoms with van der Waals surface area (Å²) in [6.45, 7) is 3.14. The first kappa shape index (κ1) is 12.7. The highest BCUT2D eigenvalue weighted by Crippen LogP contribution is 2.15. The average Bonchev–Trinajstić information content (AvgIpc) is 2.25. The second-order valence-corrected chi connectivity index (χ2v) is 4.43. The molecule has 1 aromatic rings. The minimum absolute atomic E-state index is 0.945. The Morgan fingerprint density at radius 1 is 1.13 bits per heavy atom. The largest absolute Gasteiger partial charge is 0.320 e. The number of hydrogen-bond acceptors (Lipinski definition) is 2. The van der Waals surface area contributed by atoms with Crippen LogP contribution in [0.15, 0.2) is 28.7 Å². The summed E-state index contributed by atoms with van der Waals surface area (Å²) < 4.78 is 1.19. The van der Waals surface area contributed by atoms with Crippen molar-refractivity contribution in [1.29, 1.82) is 0 Å². The maximum atomic E-state index is 3.54. The lowest BCUT2D eigenvalue weighted by Crippen LogP contribution is -2.17. The van der Waals surface area contributed by atoms with Crippen LogP contribution < -0.4 is 10.6 Å². The van der Waals surface area contributed by atoms with Gasteiger partial charge in [-0.3, -0.25) is 0 Å². The van der Waals surface area contributed by atoms with Gasteiger partial charge in [-0.05, 0) is 44.6 Å². The van der Waals surface area contributed by atoms with Gasteiger partial charge in [0.05, 0.1) is 0 Å². The number of nitrogens with one attached hydrogen (secondary N) is 2. The number of halogens is 1. The minimum Gasteiger partial charge on any atom is -0.320 e. The molecule has 0 heterocycles. The first-order valence-electron chi connectivity index (χ1n) is 5.43. The second kappa shape index (κ2) is 7.85. The summed E-state index contributed by atoms with van der Waals surface area (Å²) in [5.41, 5.74) is 1.33. The fourth-order valence-corrected chi connectivity index (χ4v) is 1.84. The quantitative estimate of drug-likeness (QED) is 0.745. The third kappa shape index (κ3) is 5.30. The van der Waals surface area contributed by atoms with Crippen LogP contribution in [-0.2, 0) is 6.54 Å². The SMILES string of the molecule is CNCCCCNCc1ccccc1Br. The van der Waals surface area contributed by atoms with Gasteiger partial charge in [0.1, 0.15) is 0 Å². The zero-order valence-electron chi connectivity index (χ0n) is 9.22. The van der Waals surface area contributed by atoms with Crippen molar-refractivity contribution in [2.45, 2.75) is 19.4 Å². The van der Waals surface area contributed by atoms with Gasteiger partial charge < -0.3 is 10.6 Å². The van der Waals surface area contributed by atoms with Crippen molar-refractivity contribution in [3.8, 4) is 0 Å². The van der Waals surface area contributed by atoms with Crippen molar-refractivity contribution in [3.63, 3.8) is 0 Å². The van der Waals surface area contributed by atoms with Crippen LogP contribution in [0.1, 0.15) is 18.4 Å². The minimum atomic E-state index is 0.945. The molecule has 2 nitrogen and oxygen atoms in total. The Kier molecular flexibility index (Phi) is 6.64. The molecule has 0 unspecified atom stereocenters. The molecule has 84 valence electrons. The molecule has 0 aromatic heterocycles. The van der Waals surface area contributed by atoms with Gasteiger partial charge in [-0.25, -0.2) is 0 Å². The summed E-state index contributed by atoms with van der Waals surface area (Å²) in [6, 6.07) is 8.34. The molecule has 0 bridgehead atoms. The van der Waals surface area contributed by atoms with E-state index in [2.05, 4.69) is 44.8 Å². The molecule has 0 aliphatic heterocycles.